The van der Waals surface area contributed by atoms with Crippen molar-refractivity contribution in [3.05, 3.63) is 29.6 Å². The molecule has 1 rings (SSSR count). The Morgan fingerprint density at radius 2 is 2.36 bits per heavy atom. The molecule has 1 heterocycles. The summed E-state index contributed by atoms with van der Waals surface area (Å²) in [6, 6.07) is 5.79. The first-order valence-electron chi connectivity index (χ1n) is 3.36. The minimum Gasteiger partial charge on any atom is -0.245 e. The van der Waals surface area contributed by atoms with E-state index in [1.165, 1.54) is 0 Å². The Balaban J connectivity index is 2.87. The number of thiol groups is 1. The van der Waals surface area contributed by atoms with Gasteiger partial charge in [0.05, 0.1) is 5.75 Å². The van der Waals surface area contributed by atoms with Crippen molar-refractivity contribution in [3.63, 3.8) is 0 Å². The van der Waals surface area contributed by atoms with Gasteiger partial charge >= 0.3 is 0 Å². The highest BCUT2D eigenvalue weighted by Gasteiger charge is 1.86. The third kappa shape index (κ3) is 2.65. The molecule has 0 N–H and O–H groups in total. The van der Waals surface area contributed by atoms with Crippen LogP contribution in [0.3, 0.4) is 0 Å². The van der Waals surface area contributed by atoms with E-state index in [9.17, 15) is 0 Å². The number of pyridine rings is 1. The van der Waals surface area contributed by atoms with Gasteiger partial charge < -0.3 is 0 Å². The van der Waals surface area contributed by atoms with Gasteiger partial charge in [-0.2, -0.15) is 12.6 Å². The van der Waals surface area contributed by atoms with Crippen LogP contribution in [0.2, 0.25) is 0 Å². The van der Waals surface area contributed by atoms with E-state index >= 15 is 0 Å². The van der Waals surface area contributed by atoms with Crippen molar-refractivity contribution in [1.29, 1.82) is 0 Å². The highest BCUT2D eigenvalue weighted by Crippen LogP contribution is 1.95. The molecule has 0 amide bonds. The molecule has 2 heteroatoms. The van der Waals surface area contributed by atoms with Crippen LogP contribution in [0.25, 0.3) is 0 Å². The second kappa shape index (κ2) is 4.05. The minimum atomic E-state index is 0.579. The molecule has 0 aliphatic rings. The Kier molecular flexibility index (Phi) is 3.00. The number of aryl methyl sites for hydroxylation is 1. The quantitative estimate of drug-likeness (QED) is 0.453. The van der Waals surface area contributed by atoms with Crippen LogP contribution in [0.5, 0.6) is 0 Å². The monoisotopic (exact) mass is 163 g/mol. The van der Waals surface area contributed by atoms with Crippen LogP contribution in [-0.2, 0) is 0 Å². The smallest absolute Gasteiger partial charge is 0.113 e. The van der Waals surface area contributed by atoms with Crippen molar-refractivity contribution in [3.8, 4) is 11.8 Å². The standard InChI is InChI=1S/C9H9NS/c1-8-4-2-5-9(10-8)6-3-7-11/h2,4-5,11H,7H2,1H3. The Bertz CT molecular complexity index is 296. The lowest BCUT2D eigenvalue weighted by Gasteiger charge is -1.90. The summed E-state index contributed by atoms with van der Waals surface area (Å²) in [6.45, 7) is 1.95. The van der Waals surface area contributed by atoms with Gasteiger partial charge in [-0.15, -0.1) is 0 Å². The van der Waals surface area contributed by atoms with Crippen LogP contribution < -0.4 is 0 Å². The lowest BCUT2D eigenvalue weighted by atomic mass is 10.3. The molecule has 11 heavy (non-hydrogen) atoms. The Morgan fingerprint density at radius 3 is 3.00 bits per heavy atom. The van der Waals surface area contributed by atoms with E-state index < -0.39 is 0 Å². The SMILES string of the molecule is Cc1cccc(C#CCS)n1. The second-order valence-electron chi connectivity index (χ2n) is 2.12. The summed E-state index contributed by atoms with van der Waals surface area (Å²) in [6.07, 6.45) is 0. The van der Waals surface area contributed by atoms with Gasteiger partial charge in [0.1, 0.15) is 5.69 Å². The highest BCUT2D eigenvalue weighted by molar-refractivity contribution is 7.80. The molecule has 0 saturated heterocycles. The van der Waals surface area contributed by atoms with Crippen LogP contribution in [0.1, 0.15) is 11.4 Å². The van der Waals surface area contributed by atoms with Crippen LogP contribution in [0.15, 0.2) is 18.2 Å². The third-order valence-corrected chi connectivity index (χ3v) is 1.34. The fourth-order valence-electron chi connectivity index (χ4n) is 0.743. The van der Waals surface area contributed by atoms with E-state index in [0.29, 0.717) is 5.75 Å². The zero-order chi connectivity index (χ0) is 8.10. The second-order valence-corrected chi connectivity index (χ2v) is 2.44. The summed E-state index contributed by atoms with van der Waals surface area (Å²) < 4.78 is 0. The number of nitrogens with zero attached hydrogens (tertiary/aromatic N) is 1. The van der Waals surface area contributed by atoms with Crippen molar-refractivity contribution in [2.75, 3.05) is 5.75 Å². The number of aromatic nitrogens is 1. The summed E-state index contributed by atoms with van der Waals surface area (Å²) >= 11 is 3.98. The molecule has 1 nitrogen and oxygen atoms in total. The highest BCUT2D eigenvalue weighted by atomic mass is 32.1. The molecule has 0 saturated carbocycles. The molecule has 0 radical (unpaired) electrons. The number of rotatable bonds is 0. The van der Waals surface area contributed by atoms with Crippen LogP contribution in [0, 0.1) is 18.8 Å². The molecular formula is C9H9NS. The predicted molar refractivity (Wildman–Crippen MR) is 49.7 cm³/mol. The lowest BCUT2D eigenvalue weighted by molar-refractivity contribution is 1.18. The zero-order valence-electron chi connectivity index (χ0n) is 6.33. The van der Waals surface area contributed by atoms with E-state index in [4.69, 9.17) is 0 Å². The fraction of sp³-hybridized carbons (Fsp3) is 0.222. The summed E-state index contributed by atoms with van der Waals surface area (Å²) in [4.78, 5) is 4.20. The van der Waals surface area contributed by atoms with Crippen molar-refractivity contribution >= 4 is 12.6 Å². The largest absolute Gasteiger partial charge is 0.245 e. The van der Waals surface area contributed by atoms with E-state index in [-0.39, 0.29) is 0 Å². The Labute approximate surface area is 72.3 Å². The van der Waals surface area contributed by atoms with Gasteiger partial charge in [0.25, 0.3) is 0 Å². The maximum Gasteiger partial charge on any atom is 0.113 e. The van der Waals surface area contributed by atoms with Crippen molar-refractivity contribution in [2.45, 2.75) is 6.92 Å². The molecule has 0 fully saturated rings. The number of hydrogen-bond acceptors (Lipinski definition) is 2. The topological polar surface area (TPSA) is 12.9 Å². The van der Waals surface area contributed by atoms with Crippen molar-refractivity contribution in [1.82, 2.24) is 4.98 Å². The van der Waals surface area contributed by atoms with Gasteiger partial charge in [-0.1, -0.05) is 12.0 Å². The lowest BCUT2D eigenvalue weighted by Crippen LogP contribution is -1.84. The molecule has 1 aromatic heterocycles. The molecule has 0 bridgehead atoms. The van der Waals surface area contributed by atoms with Gasteiger partial charge in [-0.25, -0.2) is 4.98 Å². The summed E-state index contributed by atoms with van der Waals surface area (Å²) in [5, 5.41) is 0. The summed E-state index contributed by atoms with van der Waals surface area (Å²) in [5.74, 6) is 6.32. The van der Waals surface area contributed by atoms with Gasteiger partial charge in [-0.3, -0.25) is 0 Å². The average Bonchev–Trinajstić information content (AvgIpc) is 2.01. The van der Waals surface area contributed by atoms with Gasteiger partial charge in [0, 0.05) is 5.69 Å². The molecule has 0 unspecified atom stereocenters. The first-order valence-corrected chi connectivity index (χ1v) is 3.99. The van der Waals surface area contributed by atoms with E-state index in [1.807, 2.05) is 25.1 Å². The zero-order valence-corrected chi connectivity index (χ0v) is 7.23. The average molecular weight is 163 g/mol. The molecule has 56 valence electrons. The molecule has 1 aromatic rings. The van der Waals surface area contributed by atoms with Crippen LogP contribution in [-0.4, -0.2) is 10.7 Å². The molecular weight excluding hydrogens is 154 g/mol. The van der Waals surface area contributed by atoms with E-state index in [0.717, 1.165) is 11.4 Å². The summed E-state index contributed by atoms with van der Waals surface area (Å²) in [5.41, 5.74) is 1.81. The molecule has 0 spiro atoms. The molecule has 0 aromatic carbocycles. The predicted octanol–water partition coefficient (Wildman–Crippen LogP) is 1.67. The van der Waals surface area contributed by atoms with Crippen LogP contribution >= 0.6 is 12.6 Å². The van der Waals surface area contributed by atoms with Gasteiger partial charge in [-0.05, 0) is 25.0 Å². The first-order chi connectivity index (χ1) is 5.33. The third-order valence-electron chi connectivity index (χ3n) is 1.18. The Hall–Kier alpha value is -0.940. The van der Waals surface area contributed by atoms with Crippen molar-refractivity contribution in [2.24, 2.45) is 0 Å². The van der Waals surface area contributed by atoms with Gasteiger partial charge in [0.2, 0.25) is 0 Å². The minimum absolute atomic E-state index is 0.579. The maximum absolute atomic E-state index is 4.20. The fourth-order valence-corrected chi connectivity index (χ4v) is 0.822. The maximum atomic E-state index is 4.20. The molecule has 0 aliphatic heterocycles. The normalized spacial score (nSPS) is 8.55. The number of hydrogen-bond donors (Lipinski definition) is 1. The molecule has 0 atom stereocenters. The Morgan fingerprint density at radius 1 is 1.55 bits per heavy atom. The van der Waals surface area contributed by atoms with E-state index in [2.05, 4.69) is 29.5 Å². The van der Waals surface area contributed by atoms with Gasteiger partial charge in [0.15, 0.2) is 0 Å². The van der Waals surface area contributed by atoms with Crippen LogP contribution in [0.4, 0.5) is 0 Å². The first kappa shape index (κ1) is 8.16. The van der Waals surface area contributed by atoms with Crippen molar-refractivity contribution < 1.29 is 0 Å². The van der Waals surface area contributed by atoms with E-state index in [1.54, 1.807) is 0 Å². The summed E-state index contributed by atoms with van der Waals surface area (Å²) in [7, 11) is 0. The molecule has 0 aliphatic carbocycles.